The highest BCUT2D eigenvalue weighted by Gasteiger charge is 2.69. The van der Waals surface area contributed by atoms with E-state index in [1.165, 1.54) is 46.5 Å². The third-order valence-corrected chi connectivity index (χ3v) is 14.9. The van der Waals surface area contributed by atoms with E-state index >= 15 is 0 Å². The highest BCUT2D eigenvalue weighted by atomic mass is 16.7. The monoisotopic (exact) mass is 704 g/mol. The van der Waals surface area contributed by atoms with Crippen molar-refractivity contribution in [1.82, 2.24) is 0 Å². The van der Waals surface area contributed by atoms with Crippen molar-refractivity contribution < 1.29 is 52.6 Å². The molecule has 0 unspecified atom stereocenters. The number of hydrogen-bond acceptors (Lipinski definition) is 11. The quantitative estimate of drug-likeness (QED) is 0.218. The molecular formula is C39H60O11. The highest BCUT2D eigenvalue weighted by molar-refractivity contribution is 5.68. The van der Waals surface area contributed by atoms with Gasteiger partial charge in [0.15, 0.2) is 24.3 Å². The van der Waals surface area contributed by atoms with Gasteiger partial charge in [-0.15, -0.1) is 0 Å². The van der Waals surface area contributed by atoms with Gasteiger partial charge in [0.25, 0.3) is 0 Å². The van der Waals surface area contributed by atoms with Crippen LogP contribution in [0.2, 0.25) is 0 Å². The van der Waals surface area contributed by atoms with Gasteiger partial charge in [-0.3, -0.25) is 14.4 Å². The van der Waals surface area contributed by atoms with Crippen LogP contribution in [0, 0.1) is 52.3 Å². The molecule has 1 N–H and O–H groups in total. The molecule has 4 aliphatic carbocycles. The van der Waals surface area contributed by atoms with Gasteiger partial charge in [0.1, 0.15) is 18.8 Å². The van der Waals surface area contributed by atoms with Crippen molar-refractivity contribution in [2.45, 2.75) is 161 Å². The van der Waals surface area contributed by atoms with Crippen LogP contribution in [0.1, 0.15) is 113 Å². The molecule has 3 saturated heterocycles. The van der Waals surface area contributed by atoms with E-state index in [4.69, 9.17) is 33.2 Å². The molecule has 1 spiro atoms. The molecule has 7 fully saturated rings. The summed E-state index contributed by atoms with van der Waals surface area (Å²) in [6, 6.07) is 0. The van der Waals surface area contributed by atoms with Gasteiger partial charge in [-0.2, -0.15) is 0 Å². The lowest BCUT2D eigenvalue weighted by molar-refractivity contribution is -0.319. The summed E-state index contributed by atoms with van der Waals surface area (Å²) in [5.41, 5.74) is 0.493. The normalized spacial score (nSPS) is 51.1. The first-order chi connectivity index (χ1) is 23.6. The minimum atomic E-state index is -1.40. The second-order valence-corrected chi connectivity index (χ2v) is 17.7. The predicted molar refractivity (Wildman–Crippen MR) is 179 cm³/mol. The summed E-state index contributed by atoms with van der Waals surface area (Å²) >= 11 is 0. The van der Waals surface area contributed by atoms with Gasteiger partial charge in [-0.05, 0) is 104 Å². The lowest BCUT2D eigenvalue weighted by atomic mass is 9.44. The molecule has 11 heteroatoms. The number of carbonyl (C=O) groups excluding carboxylic acids is 3. The minimum absolute atomic E-state index is 0.162. The molecular weight excluding hydrogens is 644 g/mol. The Bertz CT molecular complexity index is 1300. The van der Waals surface area contributed by atoms with E-state index in [1.807, 2.05) is 0 Å². The Balaban J connectivity index is 1.02. The molecule has 11 nitrogen and oxygen atoms in total. The topological polar surface area (TPSA) is 136 Å². The second kappa shape index (κ2) is 13.6. The van der Waals surface area contributed by atoms with Gasteiger partial charge < -0.3 is 38.3 Å². The highest BCUT2D eigenvalue weighted by Crippen LogP contribution is 2.71. The number of fused-ring (bicyclic) bond motifs is 7. The molecule has 0 amide bonds. The van der Waals surface area contributed by atoms with Crippen LogP contribution >= 0.6 is 0 Å². The number of aliphatic hydroxyl groups excluding tert-OH is 1. The summed E-state index contributed by atoms with van der Waals surface area (Å²) in [5.74, 6) is 1.90. The maximum atomic E-state index is 12.1. The molecule has 0 aromatic heterocycles. The van der Waals surface area contributed by atoms with Crippen LogP contribution in [0.4, 0.5) is 0 Å². The van der Waals surface area contributed by atoms with Gasteiger partial charge in [0, 0.05) is 33.1 Å². The summed E-state index contributed by atoms with van der Waals surface area (Å²) < 4.78 is 42.3. The minimum Gasteiger partial charge on any atom is -0.463 e. The summed E-state index contributed by atoms with van der Waals surface area (Å²) in [6.45, 7) is 14.1. The van der Waals surface area contributed by atoms with E-state index in [1.54, 1.807) is 0 Å². The third kappa shape index (κ3) is 6.22. The molecule has 0 radical (unpaired) electrons. The predicted octanol–water partition coefficient (Wildman–Crippen LogP) is 5.33. The number of esters is 3. The summed E-state index contributed by atoms with van der Waals surface area (Å²) in [5, 5.41) is 11.4. The first kappa shape index (κ1) is 36.6. The SMILES string of the molecule is CC(=O)OC[C@H]1O[C@@H](O[C@H]2CC[C@@]3(C)[C@H](CC[C@@H]4[C@@H]3CC[C@]3(C)[C@@H]5[C@H](C[C@@H]43)O[C@]3(CC[C@H](C)CO3)[C@H]5C)C2)[C@H](O)[C@@H](OC(C)=O)[C@H]1OC(C)=O. The Morgan fingerprint density at radius 2 is 1.54 bits per heavy atom. The molecule has 3 aliphatic heterocycles. The Morgan fingerprint density at radius 1 is 0.820 bits per heavy atom. The molecule has 17 atom stereocenters. The van der Waals surface area contributed by atoms with Crippen LogP contribution < -0.4 is 0 Å². The van der Waals surface area contributed by atoms with Crippen molar-refractivity contribution in [1.29, 1.82) is 0 Å². The summed E-state index contributed by atoms with van der Waals surface area (Å²) in [6.07, 6.45) is 5.14. The zero-order valence-corrected chi connectivity index (χ0v) is 31.1. The average molecular weight is 705 g/mol. The molecule has 282 valence electrons. The zero-order chi connectivity index (χ0) is 35.7. The first-order valence-electron chi connectivity index (χ1n) is 19.4. The van der Waals surface area contributed by atoms with E-state index < -0.39 is 48.6 Å². The second-order valence-electron chi connectivity index (χ2n) is 17.7. The molecule has 7 aliphatic rings. The molecule has 0 aromatic rings. The van der Waals surface area contributed by atoms with E-state index in [0.29, 0.717) is 47.5 Å². The average Bonchev–Trinajstić information content (AvgIpc) is 3.50. The van der Waals surface area contributed by atoms with E-state index in [0.717, 1.165) is 45.1 Å². The fourth-order valence-corrected chi connectivity index (χ4v) is 12.5. The van der Waals surface area contributed by atoms with Gasteiger partial charge >= 0.3 is 17.9 Å². The van der Waals surface area contributed by atoms with Crippen LogP contribution in [-0.4, -0.2) is 84.9 Å². The lowest BCUT2D eigenvalue weighted by Gasteiger charge is -2.61. The fraction of sp³-hybridized carbons (Fsp3) is 0.923. The smallest absolute Gasteiger partial charge is 0.303 e. The van der Waals surface area contributed by atoms with Crippen LogP contribution in [-0.2, 0) is 47.5 Å². The number of hydrogen-bond donors (Lipinski definition) is 1. The third-order valence-electron chi connectivity index (χ3n) is 14.9. The van der Waals surface area contributed by atoms with Crippen molar-refractivity contribution in [3.63, 3.8) is 0 Å². The molecule has 50 heavy (non-hydrogen) atoms. The van der Waals surface area contributed by atoms with Gasteiger partial charge in [0.05, 0.1) is 18.8 Å². The number of aliphatic hydroxyl groups is 1. The maximum absolute atomic E-state index is 12.1. The standard InChI is InChI=1S/C39H60O11/c1-20-10-15-39(45-18-20)21(2)32-30(50-39)17-29-27-9-8-25-16-26(11-13-37(25,6)28(27)12-14-38(29,32)7)48-36-33(43)35(47-24(5)42)34(46-23(4)41)31(49-36)19-44-22(3)40/h20-21,25-36,43H,8-19H2,1-7H3/t20-,21-,25+,26-,27+,28-,29-,30-,31+,32-,33+,34-,35+,36+,37-,38-,39+/m0/s1. The van der Waals surface area contributed by atoms with E-state index in [9.17, 15) is 19.5 Å². The van der Waals surface area contributed by atoms with Crippen LogP contribution in [0.3, 0.4) is 0 Å². The number of rotatable bonds is 6. The molecule has 0 aromatic carbocycles. The lowest BCUT2D eigenvalue weighted by Crippen LogP contribution is -2.62. The van der Waals surface area contributed by atoms with Gasteiger partial charge in [-0.25, -0.2) is 0 Å². The Hall–Kier alpha value is -1.79. The van der Waals surface area contributed by atoms with E-state index in [-0.39, 0.29) is 29.3 Å². The Kier molecular flexibility index (Phi) is 9.92. The summed E-state index contributed by atoms with van der Waals surface area (Å²) in [7, 11) is 0. The van der Waals surface area contributed by atoms with E-state index in [2.05, 4.69) is 27.7 Å². The molecule has 3 heterocycles. The van der Waals surface area contributed by atoms with Gasteiger partial charge in [0.2, 0.25) is 0 Å². The molecule has 0 bridgehead atoms. The van der Waals surface area contributed by atoms with Gasteiger partial charge in [-0.1, -0.05) is 27.7 Å². The number of carbonyl (C=O) groups is 3. The van der Waals surface area contributed by atoms with Crippen molar-refractivity contribution in [2.75, 3.05) is 13.2 Å². The van der Waals surface area contributed by atoms with Crippen LogP contribution in [0.25, 0.3) is 0 Å². The summed E-state index contributed by atoms with van der Waals surface area (Å²) in [4.78, 5) is 35.7. The van der Waals surface area contributed by atoms with Crippen molar-refractivity contribution in [2.24, 2.45) is 52.3 Å². The number of ether oxygens (including phenoxy) is 7. The first-order valence-corrected chi connectivity index (χ1v) is 19.4. The largest absolute Gasteiger partial charge is 0.463 e. The van der Waals surface area contributed by atoms with Crippen LogP contribution in [0.5, 0.6) is 0 Å². The Morgan fingerprint density at radius 3 is 2.22 bits per heavy atom. The van der Waals surface area contributed by atoms with Crippen molar-refractivity contribution in [3.8, 4) is 0 Å². The maximum Gasteiger partial charge on any atom is 0.303 e. The van der Waals surface area contributed by atoms with Crippen molar-refractivity contribution >= 4 is 17.9 Å². The zero-order valence-electron chi connectivity index (χ0n) is 31.1. The fourth-order valence-electron chi connectivity index (χ4n) is 12.5. The molecule has 7 rings (SSSR count). The molecule has 4 saturated carbocycles. The van der Waals surface area contributed by atoms with Crippen LogP contribution in [0.15, 0.2) is 0 Å². The van der Waals surface area contributed by atoms with Crippen molar-refractivity contribution in [3.05, 3.63) is 0 Å². The Labute approximate surface area is 297 Å².